The van der Waals surface area contributed by atoms with Gasteiger partial charge in [-0.15, -0.1) is 0 Å². The van der Waals surface area contributed by atoms with E-state index in [9.17, 15) is 9.59 Å². The first-order chi connectivity index (χ1) is 9.51. The summed E-state index contributed by atoms with van der Waals surface area (Å²) in [6, 6.07) is 0.0341. The number of carbonyl (C=O) groups excluding carboxylic acids is 1. The van der Waals surface area contributed by atoms with E-state index in [1.807, 2.05) is 4.90 Å². The summed E-state index contributed by atoms with van der Waals surface area (Å²) < 4.78 is 5.43. The maximum atomic E-state index is 12.4. The van der Waals surface area contributed by atoms with Crippen molar-refractivity contribution in [2.24, 2.45) is 11.8 Å². The maximum Gasteiger partial charge on any atom is 0.320 e. The van der Waals surface area contributed by atoms with Crippen molar-refractivity contribution in [3.05, 3.63) is 0 Å². The van der Waals surface area contributed by atoms with Crippen LogP contribution in [0.2, 0.25) is 0 Å². The number of hydrogen-bond donors (Lipinski definition) is 1. The Kier molecular flexibility index (Phi) is 4.86. The first kappa shape index (κ1) is 15.1. The van der Waals surface area contributed by atoms with Crippen molar-refractivity contribution in [3.63, 3.8) is 0 Å². The molecule has 0 saturated carbocycles. The van der Waals surface area contributed by atoms with Crippen molar-refractivity contribution in [2.75, 3.05) is 33.3 Å². The Labute approximate surface area is 119 Å². The highest BCUT2D eigenvalue weighted by atomic mass is 16.5. The number of aliphatic carboxylic acids is 1. The molecule has 0 aliphatic carbocycles. The van der Waals surface area contributed by atoms with Gasteiger partial charge in [-0.05, 0) is 24.7 Å². The van der Waals surface area contributed by atoms with Gasteiger partial charge in [-0.25, -0.2) is 4.79 Å². The standard InChI is InChI=1S/C14H24N2O4/c1-10-3-5-16(9-12(10)20-2)14(19)15-6-4-11(8-15)7-13(17)18/h10-12H,3-9H2,1-2H3,(H,17,18). The SMILES string of the molecule is COC1CN(C(=O)N2CCC(CC(=O)O)C2)CCC1C. The van der Waals surface area contributed by atoms with Crippen LogP contribution in [-0.4, -0.2) is 66.3 Å². The Bertz CT molecular complexity index is 374. The fourth-order valence-corrected chi connectivity index (χ4v) is 3.13. The van der Waals surface area contributed by atoms with Gasteiger partial charge in [-0.3, -0.25) is 4.79 Å². The van der Waals surface area contributed by atoms with Crippen molar-refractivity contribution >= 4 is 12.0 Å². The molecular weight excluding hydrogens is 260 g/mol. The molecule has 6 nitrogen and oxygen atoms in total. The van der Waals surface area contributed by atoms with Crippen LogP contribution in [0.4, 0.5) is 4.79 Å². The van der Waals surface area contributed by atoms with E-state index in [0.29, 0.717) is 25.6 Å². The molecular formula is C14H24N2O4. The Morgan fingerprint density at radius 2 is 1.85 bits per heavy atom. The molecule has 2 amide bonds. The van der Waals surface area contributed by atoms with Gasteiger partial charge in [0.25, 0.3) is 0 Å². The normalized spacial score (nSPS) is 30.6. The van der Waals surface area contributed by atoms with Crippen molar-refractivity contribution in [2.45, 2.75) is 32.3 Å². The van der Waals surface area contributed by atoms with E-state index >= 15 is 0 Å². The van der Waals surface area contributed by atoms with Crippen LogP contribution < -0.4 is 0 Å². The molecule has 1 N–H and O–H groups in total. The molecule has 2 saturated heterocycles. The van der Waals surface area contributed by atoms with E-state index in [2.05, 4.69) is 6.92 Å². The third-order valence-corrected chi connectivity index (χ3v) is 4.48. The van der Waals surface area contributed by atoms with Crippen LogP contribution in [0.1, 0.15) is 26.2 Å². The second kappa shape index (κ2) is 6.43. The maximum absolute atomic E-state index is 12.4. The predicted octanol–water partition coefficient (Wildman–Crippen LogP) is 1.26. The minimum absolute atomic E-state index is 0.0341. The summed E-state index contributed by atoms with van der Waals surface area (Å²) in [7, 11) is 1.69. The number of piperidine rings is 1. The third kappa shape index (κ3) is 3.42. The Morgan fingerprint density at radius 3 is 2.50 bits per heavy atom. The van der Waals surface area contributed by atoms with E-state index in [1.165, 1.54) is 0 Å². The van der Waals surface area contributed by atoms with Crippen LogP contribution in [0.25, 0.3) is 0 Å². The zero-order valence-corrected chi connectivity index (χ0v) is 12.2. The molecule has 0 aromatic rings. The number of ether oxygens (including phenoxy) is 1. The summed E-state index contributed by atoms with van der Waals surface area (Å²) in [5.41, 5.74) is 0. The van der Waals surface area contributed by atoms with Crippen LogP contribution in [-0.2, 0) is 9.53 Å². The monoisotopic (exact) mass is 284 g/mol. The third-order valence-electron chi connectivity index (χ3n) is 4.48. The number of carboxylic acid groups (broad SMARTS) is 1. The van der Waals surface area contributed by atoms with Crippen LogP contribution >= 0.6 is 0 Å². The van der Waals surface area contributed by atoms with Crippen LogP contribution in [0.3, 0.4) is 0 Å². The molecule has 2 fully saturated rings. The topological polar surface area (TPSA) is 70.1 Å². The zero-order chi connectivity index (χ0) is 14.7. The second-order valence-corrected chi connectivity index (χ2v) is 5.97. The summed E-state index contributed by atoms with van der Waals surface area (Å²) in [4.78, 5) is 26.8. The summed E-state index contributed by atoms with van der Waals surface area (Å²) >= 11 is 0. The van der Waals surface area contributed by atoms with Gasteiger partial charge in [0, 0.05) is 39.7 Å². The number of urea groups is 1. The van der Waals surface area contributed by atoms with Crippen molar-refractivity contribution in [1.29, 1.82) is 0 Å². The quantitative estimate of drug-likeness (QED) is 0.847. The molecule has 114 valence electrons. The lowest BCUT2D eigenvalue weighted by molar-refractivity contribution is -0.138. The Hall–Kier alpha value is -1.30. The lowest BCUT2D eigenvalue weighted by Crippen LogP contribution is -2.51. The van der Waals surface area contributed by atoms with Gasteiger partial charge < -0.3 is 19.6 Å². The van der Waals surface area contributed by atoms with Gasteiger partial charge >= 0.3 is 12.0 Å². The van der Waals surface area contributed by atoms with Gasteiger partial charge in [0.05, 0.1) is 6.10 Å². The fraction of sp³-hybridized carbons (Fsp3) is 0.857. The summed E-state index contributed by atoms with van der Waals surface area (Å²) in [6.07, 6.45) is 2.00. The summed E-state index contributed by atoms with van der Waals surface area (Å²) in [6.45, 7) is 4.78. The van der Waals surface area contributed by atoms with E-state index < -0.39 is 5.97 Å². The summed E-state index contributed by atoms with van der Waals surface area (Å²) in [5, 5.41) is 8.81. The number of carbonyl (C=O) groups is 2. The largest absolute Gasteiger partial charge is 0.481 e. The molecule has 3 atom stereocenters. The lowest BCUT2D eigenvalue weighted by Gasteiger charge is -2.38. The minimum Gasteiger partial charge on any atom is -0.481 e. The number of rotatable bonds is 3. The second-order valence-electron chi connectivity index (χ2n) is 5.97. The van der Waals surface area contributed by atoms with Gasteiger partial charge in [0.2, 0.25) is 0 Å². The first-order valence-electron chi connectivity index (χ1n) is 7.29. The Balaban J connectivity index is 1.87. The number of amides is 2. The fourth-order valence-electron chi connectivity index (χ4n) is 3.13. The number of methoxy groups -OCH3 is 1. The van der Waals surface area contributed by atoms with Crippen LogP contribution in [0.5, 0.6) is 0 Å². The molecule has 20 heavy (non-hydrogen) atoms. The van der Waals surface area contributed by atoms with E-state index in [-0.39, 0.29) is 24.5 Å². The van der Waals surface area contributed by atoms with E-state index in [1.54, 1.807) is 12.0 Å². The highest BCUT2D eigenvalue weighted by Crippen LogP contribution is 2.24. The number of carboxylic acids is 1. The van der Waals surface area contributed by atoms with Gasteiger partial charge in [-0.2, -0.15) is 0 Å². The van der Waals surface area contributed by atoms with Crippen molar-refractivity contribution < 1.29 is 19.4 Å². The predicted molar refractivity (Wildman–Crippen MR) is 73.5 cm³/mol. The molecule has 2 aliphatic heterocycles. The van der Waals surface area contributed by atoms with E-state index in [0.717, 1.165) is 19.4 Å². The minimum atomic E-state index is -0.782. The highest BCUT2D eigenvalue weighted by Gasteiger charge is 2.34. The average Bonchev–Trinajstić information content (AvgIpc) is 2.86. The molecule has 0 radical (unpaired) electrons. The molecule has 2 heterocycles. The van der Waals surface area contributed by atoms with Gasteiger partial charge in [0.15, 0.2) is 0 Å². The summed E-state index contributed by atoms with van der Waals surface area (Å²) in [5.74, 6) is -0.212. The molecule has 2 rings (SSSR count). The first-order valence-corrected chi connectivity index (χ1v) is 7.29. The molecule has 2 aliphatic rings. The average molecular weight is 284 g/mol. The molecule has 0 aromatic heterocycles. The van der Waals surface area contributed by atoms with Gasteiger partial charge in [0.1, 0.15) is 0 Å². The smallest absolute Gasteiger partial charge is 0.320 e. The molecule has 0 bridgehead atoms. The molecule has 3 unspecified atom stereocenters. The number of nitrogens with zero attached hydrogens (tertiary/aromatic N) is 2. The lowest BCUT2D eigenvalue weighted by atomic mass is 9.96. The van der Waals surface area contributed by atoms with Gasteiger partial charge in [-0.1, -0.05) is 6.92 Å². The molecule has 0 aromatic carbocycles. The van der Waals surface area contributed by atoms with Crippen molar-refractivity contribution in [3.8, 4) is 0 Å². The zero-order valence-electron chi connectivity index (χ0n) is 12.2. The van der Waals surface area contributed by atoms with E-state index in [4.69, 9.17) is 9.84 Å². The highest BCUT2D eigenvalue weighted by molar-refractivity contribution is 5.75. The number of hydrogen-bond acceptors (Lipinski definition) is 3. The molecule has 0 spiro atoms. The number of likely N-dealkylation sites (tertiary alicyclic amines) is 2. The van der Waals surface area contributed by atoms with Crippen LogP contribution in [0, 0.1) is 11.8 Å². The molecule has 6 heteroatoms. The Morgan fingerprint density at radius 1 is 1.20 bits per heavy atom. The van der Waals surface area contributed by atoms with Crippen molar-refractivity contribution in [1.82, 2.24) is 9.80 Å². The van der Waals surface area contributed by atoms with Crippen LogP contribution in [0.15, 0.2) is 0 Å².